The van der Waals surface area contributed by atoms with Crippen molar-refractivity contribution in [1.82, 2.24) is 14.1 Å². The van der Waals surface area contributed by atoms with Crippen LogP contribution in [-0.2, 0) is 48.0 Å². The normalized spacial score (nSPS) is 14.6. The Morgan fingerprint density at radius 2 is 1.71 bits per heavy atom. The molecule has 2 heterocycles. The summed E-state index contributed by atoms with van der Waals surface area (Å²) in [5.74, 6) is 0. The molecule has 31 heavy (non-hydrogen) atoms. The Bertz CT molecular complexity index is 1200. The Morgan fingerprint density at radius 1 is 1.00 bits per heavy atom. The van der Waals surface area contributed by atoms with E-state index in [1.807, 2.05) is 37.7 Å². The topological polar surface area (TPSA) is 64.4 Å². The van der Waals surface area contributed by atoms with E-state index in [-0.39, 0.29) is 0 Å². The summed E-state index contributed by atoms with van der Waals surface area (Å²) < 4.78 is 36.0. The molecule has 0 amide bonds. The monoisotopic (exact) mass is 439 g/mol. The Labute approximate surface area is 184 Å². The fourth-order valence-corrected chi connectivity index (χ4v) is 5.76. The summed E-state index contributed by atoms with van der Waals surface area (Å²) in [6.45, 7) is 7.50. The molecule has 0 saturated carbocycles. The molecule has 0 spiro atoms. The van der Waals surface area contributed by atoms with Crippen molar-refractivity contribution in [3.63, 3.8) is 0 Å². The minimum absolute atomic E-state index is 0.321. The van der Waals surface area contributed by atoms with Crippen LogP contribution in [0.5, 0.6) is 0 Å². The first kappa shape index (κ1) is 21.7. The summed E-state index contributed by atoms with van der Waals surface area (Å²) in [5, 5.41) is 4.63. The maximum absolute atomic E-state index is 13.3. The lowest BCUT2D eigenvalue weighted by molar-refractivity contribution is 0.103. The third-order valence-corrected chi connectivity index (χ3v) is 7.87. The number of hydrogen-bond acceptors (Lipinski definition) is 4. The SMILES string of the molecule is Cc1ccc(COCc2nn(C)c3c2CN(S(=O)(=O)c2ccc(C)cc2C)CC3)cc1. The second-order valence-electron chi connectivity index (χ2n) is 8.33. The number of aryl methyl sites for hydroxylation is 4. The molecule has 0 fully saturated rings. The fraction of sp³-hybridized carbons (Fsp3) is 0.375. The molecule has 0 radical (unpaired) electrons. The van der Waals surface area contributed by atoms with Gasteiger partial charge in [-0.1, -0.05) is 47.5 Å². The van der Waals surface area contributed by atoms with Crippen LogP contribution in [-0.4, -0.2) is 29.0 Å². The Kier molecular flexibility index (Phi) is 6.01. The number of sulfonamides is 1. The molecule has 0 saturated heterocycles. The van der Waals surface area contributed by atoms with Gasteiger partial charge in [-0.25, -0.2) is 8.42 Å². The molecule has 0 aliphatic carbocycles. The molecule has 0 unspecified atom stereocenters. The van der Waals surface area contributed by atoms with Gasteiger partial charge in [-0.05, 0) is 38.0 Å². The molecule has 164 valence electrons. The van der Waals surface area contributed by atoms with Gasteiger partial charge in [0.1, 0.15) is 0 Å². The highest BCUT2D eigenvalue weighted by Crippen LogP contribution is 2.29. The molecule has 2 aromatic carbocycles. The summed E-state index contributed by atoms with van der Waals surface area (Å²) in [4.78, 5) is 0.377. The van der Waals surface area contributed by atoms with E-state index in [0.29, 0.717) is 37.6 Å². The molecule has 1 aliphatic heterocycles. The van der Waals surface area contributed by atoms with Crippen LogP contribution in [0, 0.1) is 20.8 Å². The first-order chi connectivity index (χ1) is 14.8. The maximum atomic E-state index is 13.3. The third-order valence-electron chi connectivity index (χ3n) is 5.87. The van der Waals surface area contributed by atoms with E-state index in [2.05, 4.69) is 36.3 Å². The van der Waals surface area contributed by atoms with E-state index in [0.717, 1.165) is 33.6 Å². The fourth-order valence-electron chi connectivity index (χ4n) is 4.14. The standard InChI is InChI=1S/C24H29N3O3S/c1-17-5-8-20(9-6-17)15-30-16-22-21-14-27(12-11-23(21)26(4)25-22)31(28,29)24-10-7-18(2)13-19(24)3/h5-10,13H,11-12,14-16H2,1-4H3. The summed E-state index contributed by atoms with van der Waals surface area (Å²) >= 11 is 0. The van der Waals surface area contributed by atoms with Gasteiger partial charge in [0.25, 0.3) is 0 Å². The smallest absolute Gasteiger partial charge is 0.243 e. The zero-order valence-electron chi connectivity index (χ0n) is 18.6. The third kappa shape index (κ3) is 4.44. The Hall–Kier alpha value is -2.48. The van der Waals surface area contributed by atoms with Crippen molar-refractivity contribution in [2.45, 2.75) is 51.8 Å². The highest BCUT2D eigenvalue weighted by molar-refractivity contribution is 7.89. The Morgan fingerprint density at radius 3 is 2.42 bits per heavy atom. The molecule has 1 aromatic heterocycles. The van der Waals surface area contributed by atoms with Gasteiger partial charge in [0.05, 0.1) is 23.8 Å². The number of ether oxygens (including phenoxy) is 1. The molecule has 0 atom stereocenters. The Balaban J connectivity index is 1.52. The van der Waals surface area contributed by atoms with Gasteiger partial charge in [0.2, 0.25) is 10.0 Å². The highest BCUT2D eigenvalue weighted by atomic mass is 32.2. The lowest BCUT2D eigenvalue weighted by atomic mass is 10.1. The number of benzene rings is 2. The van der Waals surface area contributed by atoms with E-state index in [1.165, 1.54) is 5.56 Å². The lowest BCUT2D eigenvalue weighted by Crippen LogP contribution is -2.36. The van der Waals surface area contributed by atoms with Crippen molar-refractivity contribution in [2.24, 2.45) is 7.05 Å². The van der Waals surface area contributed by atoms with E-state index in [4.69, 9.17) is 4.74 Å². The van der Waals surface area contributed by atoms with Gasteiger partial charge in [-0.3, -0.25) is 4.68 Å². The van der Waals surface area contributed by atoms with Crippen LogP contribution < -0.4 is 0 Å². The number of fused-ring (bicyclic) bond motifs is 1. The van der Waals surface area contributed by atoms with Crippen molar-refractivity contribution in [2.75, 3.05) is 6.54 Å². The average molecular weight is 440 g/mol. The van der Waals surface area contributed by atoms with Crippen molar-refractivity contribution in [1.29, 1.82) is 0 Å². The van der Waals surface area contributed by atoms with Crippen molar-refractivity contribution in [3.8, 4) is 0 Å². The van der Waals surface area contributed by atoms with E-state index in [9.17, 15) is 8.42 Å². The lowest BCUT2D eigenvalue weighted by Gasteiger charge is -2.27. The van der Waals surface area contributed by atoms with Crippen molar-refractivity contribution < 1.29 is 13.2 Å². The molecule has 4 rings (SSSR count). The van der Waals surface area contributed by atoms with Crippen molar-refractivity contribution >= 4 is 10.0 Å². The van der Waals surface area contributed by atoms with Crippen LogP contribution in [0.2, 0.25) is 0 Å². The van der Waals surface area contributed by atoms with Gasteiger partial charge in [-0.15, -0.1) is 0 Å². The largest absolute Gasteiger partial charge is 0.370 e. The summed E-state index contributed by atoms with van der Waals surface area (Å²) in [6.07, 6.45) is 0.640. The zero-order chi connectivity index (χ0) is 22.2. The first-order valence-electron chi connectivity index (χ1n) is 10.5. The number of aromatic nitrogens is 2. The first-order valence-corrected chi connectivity index (χ1v) is 11.9. The van der Waals surface area contributed by atoms with Gasteiger partial charge in [-0.2, -0.15) is 9.40 Å². The molecule has 0 N–H and O–H groups in total. The summed E-state index contributed by atoms with van der Waals surface area (Å²) in [7, 11) is -1.66. The molecule has 7 heteroatoms. The average Bonchev–Trinajstić information content (AvgIpc) is 3.04. The molecular weight excluding hydrogens is 410 g/mol. The minimum atomic E-state index is -3.57. The predicted molar refractivity (Wildman–Crippen MR) is 120 cm³/mol. The predicted octanol–water partition coefficient (Wildman–Crippen LogP) is 3.81. The quantitative estimate of drug-likeness (QED) is 0.586. The van der Waals surface area contributed by atoms with E-state index in [1.54, 1.807) is 10.4 Å². The van der Waals surface area contributed by atoms with E-state index >= 15 is 0 Å². The van der Waals surface area contributed by atoms with Gasteiger partial charge < -0.3 is 4.74 Å². The maximum Gasteiger partial charge on any atom is 0.243 e. The molecular formula is C24H29N3O3S. The van der Waals surface area contributed by atoms with Crippen LogP contribution >= 0.6 is 0 Å². The molecule has 0 bridgehead atoms. The minimum Gasteiger partial charge on any atom is -0.370 e. The van der Waals surface area contributed by atoms with Crippen LogP contribution in [0.4, 0.5) is 0 Å². The van der Waals surface area contributed by atoms with Gasteiger partial charge in [0.15, 0.2) is 0 Å². The zero-order valence-corrected chi connectivity index (χ0v) is 19.4. The summed E-state index contributed by atoms with van der Waals surface area (Å²) in [6, 6.07) is 13.7. The molecule has 1 aliphatic rings. The van der Waals surface area contributed by atoms with Crippen LogP contribution in [0.25, 0.3) is 0 Å². The van der Waals surface area contributed by atoms with Gasteiger partial charge >= 0.3 is 0 Å². The van der Waals surface area contributed by atoms with Crippen molar-refractivity contribution in [3.05, 3.63) is 81.7 Å². The van der Waals surface area contributed by atoms with Gasteiger partial charge in [0, 0.05) is 37.8 Å². The number of hydrogen-bond donors (Lipinski definition) is 0. The van der Waals surface area contributed by atoms with Crippen LogP contribution in [0.3, 0.4) is 0 Å². The number of nitrogens with zero attached hydrogens (tertiary/aromatic N) is 3. The van der Waals surface area contributed by atoms with E-state index < -0.39 is 10.0 Å². The second-order valence-corrected chi connectivity index (χ2v) is 10.2. The molecule has 6 nitrogen and oxygen atoms in total. The highest BCUT2D eigenvalue weighted by Gasteiger charge is 2.32. The molecule has 3 aromatic rings. The summed E-state index contributed by atoms with van der Waals surface area (Å²) in [5.41, 5.74) is 7.01. The van der Waals surface area contributed by atoms with Crippen LogP contribution in [0.1, 0.15) is 39.2 Å². The number of rotatable bonds is 6. The second kappa shape index (κ2) is 8.57. The van der Waals surface area contributed by atoms with Crippen LogP contribution in [0.15, 0.2) is 47.4 Å².